The van der Waals surface area contributed by atoms with E-state index in [1.165, 1.54) is 78.6 Å². The van der Waals surface area contributed by atoms with Gasteiger partial charge in [0.15, 0.2) is 5.60 Å². The van der Waals surface area contributed by atoms with Gasteiger partial charge in [0, 0.05) is 0 Å². The van der Waals surface area contributed by atoms with Crippen molar-refractivity contribution in [2.45, 2.75) is 149 Å². The third-order valence-electron chi connectivity index (χ3n) is 8.28. The zero-order valence-electron chi connectivity index (χ0n) is 22.7. The van der Waals surface area contributed by atoms with Gasteiger partial charge in [0.25, 0.3) is 0 Å². The molecule has 0 amide bonds. The second-order valence-electron chi connectivity index (χ2n) is 10.2. The average Bonchev–Trinajstić information content (AvgIpc) is 2.82. The Hall–Kier alpha value is -1.63. The Balaban J connectivity index is 4.89. The molecular weight excluding hydrogens is 448 g/mol. The van der Waals surface area contributed by atoms with Gasteiger partial charge in [-0.15, -0.1) is 0 Å². The quantitative estimate of drug-likeness (QED) is 0.111. The van der Waals surface area contributed by atoms with Crippen LogP contribution in [-0.2, 0) is 14.4 Å². The summed E-state index contributed by atoms with van der Waals surface area (Å²) in [6.07, 6.45) is 15.2. The Morgan fingerprint density at radius 1 is 0.486 bits per heavy atom. The van der Waals surface area contributed by atoms with Crippen LogP contribution in [0.5, 0.6) is 0 Å². The number of aliphatic hydroxyl groups is 1. The van der Waals surface area contributed by atoms with Crippen LogP contribution in [0.2, 0.25) is 0 Å². The fraction of sp³-hybridized carbons (Fsp3) is 0.893. The summed E-state index contributed by atoms with van der Waals surface area (Å²) in [5.41, 5.74) is -7.10. The first-order valence-electron chi connectivity index (χ1n) is 14.0. The van der Waals surface area contributed by atoms with Crippen molar-refractivity contribution >= 4 is 17.9 Å². The van der Waals surface area contributed by atoms with E-state index < -0.39 is 34.3 Å². The van der Waals surface area contributed by atoms with Crippen molar-refractivity contribution in [2.75, 3.05) is 0 Å². The van der Waals surface area contributed by atoms with Crippen molar-refractivity contribution in [2.24, 2.45) is 10.8 Å². The van der Waals surface area contributed by atoms with Crippen molar-refractivity contribution < 1.29 is 34.8 Å². The van der Waals surface area contributed by atoms with Gasteiger partial charge in [0.1, 0.15) is 10.8 Å². The highest BCUT2D eigenvalue weighted by molar-refractivity contribution is 5.95. The minimum Gasteiger partial charge on any atom is -0.481 e. The summed E-state index contributed by atoms with van der Waals surface area (Å²) in [4.78, 5) is 37.0. The topological polar surface area (TPSA) is 132 Å². The summed E-state index contributed by atoms with van der Waals surface area (Å²) in [5, 5.41) is 41.6. The molecule has 0 spiro atoms. The van der Waals surface area contributed by atoms with E-state index in [9.17, 15) is 34.8 Å². The lowest BCUT2D eigenvalue weighted by atomic mass is 9.53. The monoisotopic (exact) mass is 500 g/mol. The fourth-order valence-corrected chi connectivity index (χ4v) is 5.73. The standard InChI is InChI=1S/C28H52O7/c1-5-9-10-11-12-13-14-15-16-17-18-19-20-21-22-27(8-4,24(31)32)28(35,25(33)34)26(6-2,7-3)23(29)30/h35H,5-22H2,1-4H3,(H,29,30)(H,31,32)(H,33,34). The summed E-state index contributed by atoms with van der Waals surface area (Å²) in [5.74, 6) is -4.71. The molecule has 4 N–H and O–H groups in total. The van der Waals surface area contributed by atoms with Crippen LogP contribution in [0.15, 0.2) is 0 Å². The molecule has 0 radical (unpaired) electrons. The molecule has 0 rings (SSSR count). The lowest BCUT2D eigenvalue weighted by molar-refractivity contribution is -0.224. The Labute approximate surface area is 212 Å². The second-order valence-corrected chi connectivity index (χ2v) is 10.2. The SMILES string of the molecule is CCCCCCCCCCCCCCCCC(CC)(C(=O)O)C(O)(C(=O)O)C(CC)(CC)C(=O)O. The maximum absolute atomic E-state index is 12.5. The largest absolute Gasteiger partial charge is 0.481 e. The van der Waals surface area contributed by atoms with E-state index in [1.54, 1.807) is 0 Å². The maximum atomic E-state index is 12.5. The van der Waals surface area contributed by atoms with Crippen molar-refractivity contribution in [3.8, 4) is 0 Å². The number of unbranched alkanes of at least 4 members (excludes halogenated alkanes) is 13. The first-order valence-corrected chi connectivity index (χ1v) is 14.0. The minimum absolute atomic E-state index is 0.0747. The van der Waals surface area contributed by atoms with Crippen LogP contribution in [0.25, 0.3) is 0 Å². The highest BCUT2D eigenvalue weighted by Crippen LogP contribution is 2.53. The summed E-state index contributed by atoms with van der Waals surface area (Å²) >= 11 is 0. The Kier molecular flexibility index (Phi) is 16.1. The third kappa shape index (κ3) is 8.19. The van der Waals surface area contributed by atoms with E-state index in [1.807, 2.05) is 0 Å². The molecule has 0 aromatic heterocycles. The molecule has 35 heavy (non-hydrogen) atoms. The van der Waals surface area contributed by atoms with E-state index in [2.05, 4.69) is 6.92 Å². The predicted molar refractivity (Wildman–Crippen MR) is 139 cm³/mol. The lowest BCUT2D eigenvalue weighted by Gasteiger charge is -2.50. The number of hydrogen-bond donors (Lipinski definition) is 4. The zero-order chi connectivity index (χ0) is 27.0. The number of carbonyl (C=O) groups is 3. The molecule has 0 fully saturated rings. The summed E-state index contributed by atoms with van der Waals surface area (Å²) in [6.45, 7) is 6.72. The Bertz CT molecular complexity index is 629. The van der Waals surface area contributed by atoms with Gasteiger partial charge >= 0.3 is 17.9 Å². The lowest BCUT2D eigenvalue weighted by Crippen LogP contribution is -2.69. The van der Waals surface area contributed by atoms with E-state index in [0.717, 1.165) is 25.7 Å². The van der Waals surface area contributed by atoms with Crippen LogP contribution < -0.4 is 0 Å². The number of aliphatic carboxylic acids is 3. The minimum atomic E-state index is -2.92. The molecule has 2 unspecified atom stereocenters. The highest BCUT2D eigenvalue weighted by atomic mass is 16.4. The van der Waals surface area contributed by atoms with Crippen LogP contribution in [0, 0.1) is 10.8 Å². The number of carboxylic acid groups (broad SMARTS) is 3. The van der Waals surface area contributed by atoms with Gasteiger partial charge in [-0.25, -0.2) is 4.79 Å². The molecule has 0 aliphatic carbocycles. The van der Waals surface area contributed by atoms with Crippen LogP contribution in [0.1, 0.15) is 143 Å². The van der Waals surface area contributed by atoms with Gasteiger partial charge in [-0.05, 0) is 25.7 Å². The average molecular weight is 501 g/mol. The first-order chi connectivity index (χ1) is 16.6. The van der Waals surface area contributed by atoms with E-state index in [0.29, 0.717) is 6.42 Å². The van der Waals surface area contributed by atoms with Crippen LogP contribution >= 0.6 is 0 Å². The zero-order valence-corrected chi connectivity index (χ0v) is 22.7. The molecule has 0 saturated heterocycles. The Morgan fingerprint density at radius 2 is 0.800 bits per heavy atom. The van der Waals surface area contributed by atoms with Gasteiger partial charge in [-0.1, -0.05) is 118 Å². The van der Waals surface area contributed by atoms with Crippen molar-refractivity contribution in [1.82, 2.24) is 0 Å². The normalized spacial score (nSPS) is 15.3. The van der Waals surface area contributed by atoms with Crippen molar-refractivity contribution in [1.29, 1.82) is 0 Å². The van der Waals surface area contributed by atoms with E-state index in [-0.39, 0.29) is 25.7 Å². The molecule has 0 saturated carbocycles. The molecule has 7 nitrogen and oxygen atoms in total. The van der Waals surface area contributed by atoms with Gasteiger partial charge < -0.3 is 20.4 Å². The maximum Gasteiger partial charge on any atom is 0.338 e. The fourth-order valence-electron chi connectivity index (χ4n) is 5.73. The van der Waals surface area contributed by atoms with Crippen molar-refractivity contribution in [3.05, 3.63) is 0 Å². The molecule has 0 aliphatic rings. The van der Waals surface area contributed by atoms with Gasteiger partial charge in [0.05, 0.1) is 0 Å². The molecule has 0 heterocycles. The molecular formula is C28H52O7. The van der Waals surface area contributed by atoms with Crippen LogP contribution in [-0.4, -0.2) is 43.9 Å². The van der Waals surface area contributed by atoms with Gasteiger partial charge in [0.2, 0.25) is 0 Å². The van der Waals surface area contributed by atoms with Crippen LogP contribution in [0.3, 0.4) is 0 Å². The molecule has 0 bridgehead atoms. The number of rotatable bonds is 23. The summed E-state index contributed by atoms with van der Waals surface area (Å²) < 4.78 is 0. The molecule has 0 aromatic carbocycles. The van der Waals surface area contributed by atoms with E-state index in [4.69, 9.17) is 0 Å². The van der Waals surface area contributed by atoms with Gasteiger partial charge in [-0.2, -0.15) is 0 Å². The van der Waals surface area contributed by atoms with Gasteiger partial charge in [-0.3, -0.25) is 9.59 Å². The highest BCUT2D eigenvalue weighted by Gasteiger charge is 2.71. The first kappa shape index (κ1) is 33.4. The molecule has 0 aromatic rings. The third-order valence-corrected chi connectivity index (χ3v) is 8.28. The van der Waals surface area contributed by atoms with E-state index >= 15 is 0 Å². The smallest absolute Gasteiger partial charge is 0.338 e. The Morgan fingerprint density at radius 3 is 1.06 bits per heavy atom. The summed E-state index contributed by atoms with van der Waals surface area (Å²) in [7, 11) is 0. The number of hydrogen-bond acceptors (Lipinski definition) is 4. The molecule has 7 heteroatoms. The number of carboxylic acids is 3. The molecule has 206 valence electrons. The molecule has 2 atom stereocenters. The van der Waals surface area contributed by atoms with Crippen molar-refractivity contribution in [3.63, 3.8) is 0 Å². The second kappa shape index (κ2) is 16.9. The summed E-state index contributed by atoms with van der Waals surface area (Å²) in [6, 6.07) is 0. The molecule has 0 aliphatic heterocycles. The van der Waals surface area contributed by atoms with Crippen LogP contribution in [0.4, 0.5) is 0 Å². The predicted octanol–water partition coefficient (Wildman–Crippen LogP) is 7.05.